The van der Waals surface area contributed by atoms with Crippen LogP contribution in [0.15, 0.2) is 0 Å². The van der Waals surface area contributed by atoms with Crippen LogP contribution in [-0.2, 0) is 4.74 Å². The Morgan fingerprint density at radius 3 is 2.44 bits per heavy atom. The average Bonchev–Trinajstić information content (AvgIpc) is 2.42. The van der Waals surface area contributed by atoms with Gasteiger partial charge in [0.1, 0.15) is 0 Å². The third-order valence-corrected chi connectivity index (χ3v) is 4.51. The lowest BCUT2D eigenvalue weighted by Crippen LogP contribution is -2.43. The zero-order valence-electron chi connectivity index (χ0n) is 11.8. The van der Waals surface area contributed by atoms with Crippen LogP contribution in [0.25, 0.3) is 0 Å². The van der Waals surface area contributed by atoms with E-state index >= 15 is 0 Å². The van der Waals surface area contributed by atoms with Gasteiger partial charge in [-0.3, -0.25) is 0 Å². The molecular weight excluding hydrogens is 226 g/mol. The van der Waals surface area contributed by atoms with Crippen LogP contribution in [0.3, 0.4) is 0 Å². The molecule has 0 amide bonds. The van der Waals surface area contributed by atoms with Crippen LogP contribution >= 0.6 is 0 Å². The van der Waals surface area contributed by atoms with Crippen LogP contribution in [-0.4, -0.2) is 68.8 Å². The molecule has 0 aromatic rings. The molecule has 4 nitrogen and oxygen atoms in total. The van der Waals surface area contributed by atoms with Gasteiger partial charge in [0.05, 0.1) is 0 Å². The van der Waals surface area contributed by atoms with Crippen molar-refractivity contribution in [1.82, 2.24) is 9.80 Å². The lowest BCUT2D eigenvalue weighted by molar-refractivity contribution is 0.0337. The number of ether oxygens (including phenoxy) is 1. The Balaban J connectivity index is 1.67. The van der Waals surface area contributed by atoms with Crippen molar-refractivity contribution in [2.24, 2.45) is 11.7 Å². The van der Waals surface area contributed by atoms with Crippen molar-refractivity contribution < 1.29 is 4.74 Å². The third kappa shape index (κ3) is 4.19. The SMILES string of the molecule is CN(CC1CCN(CCN)CC1)C1CCOCC1. The van der Waals surface area contributed by atoms with E-state index in [4.69, 9.17) is 10.5 Å². The Bertz CT molecular complexity index is 223. The van der Waals surface area contributed by atoms with Crippen molar-refractivity contribution >= 4 is 0 Å². The fourth-order valence-corrected chi connectivity index (χ4v) is 3.26. The predicted molar refractivity (Wildman–Crippen MR) is 74.7 cm³/mol. The Morgan fingerprint density at radius 1 is 1.17 bits per heavy atom. The molecule has 0 aromatic carbocycles. The molecule has 0 unspecified atom stereocenters. The number of nitrogens with two attached hydrogens (primary N) is 1. The van der Waals surface area contributed by atoms with Gasteiger partial charge in [-0.1, -0.05) is 0 Å². The zero-order valence-corrected chi connectivity index (χ0v) is 11.8. The normalized spacial score (nSPS) is 24.8. The molecule has 0 aromatic heterocycles. The minimum absolute atomic E-state index is 0.751. The molecule has 18 heavy (non-hydrogen) atoms. The Morgan fingerprint density at radius 2 is 1.83 bits per heavy atom. The highest BCUT2D eigenvalue weighted by Gasteiger charge is 2.24. The molecule has 0 aliphatic carbocycles. The Kier molecular flexibility index (Phi) is 5.89. The van der Waals surface area contributed by atoms with Gasteiger partial charge in [-0.2, -0.15) is 0 Å². The minimum Gasteiger partial charge on any atom is -0.381 e. The maximum absolute atomic E-state index is 5.61. The molecule has 2 aliphatic heterocycles. The summed E-state index contributed by atoms with van der Waals surface area (Å²) in [6.07, 6.45) is 5.10. The standard InChI is InChI=1S/C14H29N3O/c1-16(14-4-10-18-11-5-14)12-13-2-7-17(8-3-13)9-6-15/h13-14H,2-12,15H2,1H3. The molecule has 2 fully saturated rings. The largest absolute Gasteiger partial charge is 0.381 e. The summed E-state index contributed by atoms with van der Waals surface area (Å²) in [4.78, 5) is 5.08. The monoisotopic (exact) mass is 255 g/mol. The molecule has 2 aliphatic rings. The minimum atomic E-state index is 0.751. The number of nitrogens with zero attached hydrogens (tertiary/aromatic N) is 2. The summed E-state index contributed by atoms with van der Waals surface area (Å²) in [5.41, 5.74) is 5.61. The number of likely N-dealkylation sites (tertiary alicyclic amines) is 1. The highest BCUT2D eigenvalue weighted by molar-refractivity contribution is 4.78. The van der Waals surface area contributed by atoms with Crippen LogP contribution in [0.2, 0.25) is 0 Å². The molecule has 2 rings (SSSR count). The van der Waals surface area contributed by atoms with Crippen molar-refractivity contribution in [3.8, 4) is 0 Å². The van der Waals surface area contributed by atoms with E-state index in [2.05, 4.69) is 16.8 Å². The van der Waals surface area contributed by atoms with E-state index in [0.29, 0.717) is 0 Å². The molecule has 2 N–H and O–H groups in total. The molecule has 4 heteroatoms. The summed E-state index contributed by atoms with van der Waals surface area (Å²) in [5.74, 6) is 0.881. The van der Waals surface area contributed by atoms with Crippen LogP contribution in [0.4, 0.5) is 0 Å². The van der Waals surface area contributed by atoms with Crippen LogP contribution < -0.4 is 5.73 Å². The van der Waals surface area contributed by atoms with E-state index in [0.717, 1.165) is 38.3 Å². The van der Waals surface area contributed by atoms with Gasteiger partial charge in [0.25, 0.3) is 0 Å². The first-order valence-electron chi connectivity index (χ1n) is 7.50. The van der Waals surface area contributed by atoms with Crippen molar-refractivity contribution in [1.29, 1.82) is 0 Å². The van der Waals surface area contributed by atoms with Gasteiger partial charge in [0.2, 0.25) is 0 Å². The Hall–Kier alpha value is -0.160. The maximum Gasteiger partial charge on any atom is 0.0480 e. The first-order chi connectivity index (χ1) is 8.79. The lowest BCUT2D eigenvalue weighted by Gasteiger charge is -2.37. The first-order valence-corrected chi connectivity index (χ1v) is 7.50. The van der Waals surface area contributed by atoms with E-state index in [1.54, 1.807) is 0 Å². The zero-order chi connectivity index (χ0) is 12.8. The second kappa shape index (κ2) is 7.43. The molecule has 0 spiro atoms. The van der Waals surface area contributed by atoms with Gasteiger partial charge >= 0.3 is 0 Å². The molecule has 0 atom stereocenters. The summed E-state index contributed by atoms with van der Waals surface area (Å²) < 4.78 is 5.44. The second-order valence-corrected chi connectivity index (χ2v) is 5.86. The fourth-order valence-electron chi connectivity index (χ4n) is 3.26. The van der Waals surface area contributed by atoms with Crippen molar-refractivity contribution in [2.45, 2.75) is 31.7 Å². The highest BCUT2D eigenvalue weighted by atomic mass is 16.5. The molecule has 2 saturated heterocycles. The van der Waals surface area contributed by atoms with E-state index in [1.807, 2.05) is 0 Å². The van der Waals surface area contributed by atoms with Crippen molar-refractivity contribution in [3.63, 3.8) is 0 Å². The van der Waals surface area contributed by atoms with Gasteiger partial charge in [-0.25, -0.2) is 0 Å². The van der Waals surface area contributed by atoms with Gasteiger partial charge in [-0.05, 0) is 51.7 Å². The smallest absolute Gasteiger partial charge is 0.0480 e. The van der Waals surface area contributed by atoms with Gasteiger partial charge in [-0.15, -0.1) is 0 Å². The molecule has 0 bridgehead atoms. The fraction of sp³-hybridized carbons (Fsp3) is 1.00. The summed E-state index contributed by atoms with van der Waals surface area (Å²) in [6.45, 7) is 7.51. The first kappa shape index (κ1) is 14.3. The van der Waals surface area contributed by atoms with E-state index in [1.165, 1.54) is 45.3 Å². The average molecular weight is 255 g/mol. The molecule has 0 saturated carbocycles. The predicted octanol–water partition coefficient (Wildman–Crippen LogP) is 0.768. The highest BCUT2D eigenvalue weighted by Crippen LogP contribution is 2.20. The maximum atomic E-state index is 5.61. The van der Waals surface area contributed by atoms with Crippen LogP contribution in [0.1, 0.15) is 25.7 Å². The lowest BCUT2D eigenvalue weighted by atomic mass is 9.95. The number of hydrogen-bond donors (Lipinski definition) is 1. The molecule has 2 heterocycles. The van der Waals surface area contributed by atoms with Crippen molar-refractivity contribution in [2.75, 3.05) is 53.0 Å². The number of rotatable bonds is 5. The Labute approximate surface area is 111 Å². The summed E-state index contributed by atoms with van der Waals surface area (Å²) >= 11 is 0. The van der Waals surface area contributed by atoms with E-state index in [9.17, 15) is 0 Å². The third-order valence-electron chi connectivity index (χ3n) is 4.51. The summed E-state index contributed by atoms with van der Waals surface area (Å²) in [7, 11) is 2.29. The molecule has 0 radical (unpaired) electrons. The van der Waals surface area contributed by atoms with Crippen LogP contribution in [0.5, 0.6) is 0 Å². The number of hydrogen-bond acceptors (Lipinski definition) is 4. The topological polar surface area (TPSA) is 41.7 Å². The van der Waals surface area contributed by atoms with E-state index in [-0.39, 0.29) is 0 Å². The number of piperidine rings is 1. The molecule has 106 valence electrons. The summed E-state index contributed by atoms with van der Waals surface area (Å²) in [6, 6.07) is 0.751. The van der Waals surface area contributed by atoms with E-state index < -0.39 is 0 Å². The second-order valence-electron chi connectivity index (χ2n) is 5.86. The van der Waals surface area contributed by atoms with Gasteiger partial charge in [0.15, 0.2) is 0 Å². The van der Waals surface area contributed by atoms with Gasteiger partial charge < -0.3 is 20.3 Å². The van der Waals surface area contributed by atoms with Crippen molar-refractivity contribution in [3.05, 3.63) is 0 Å². The summed E-state index contributed by atoms with van der Waals surface area (Å²) in [5, 5.41) is 0. The van der Waals surface area contributed by atoms with Gasteiger partial charge in [0, 0.05) is 38.9 Å². The van der Waals surface area contributed by atoms with Crippen LogP contribution in [0, 0.1) is 5.92 Å². The quantitative estimate of drug-likeness (QED) is 0.788. The molecular formula is C14H29N3O.